The van der Waals surface area contributed by atoms with E-state index >= 15 is 0 Å². The second kappa shape index (κ2) is 8.36. The van der Waals surface area contributed by atoms with Gasteiger partial charge in [0.15, 0.2) is 0 Å². The highest BCUT2D eigenvalue weighted by molar-refractivity contribution is 5.49. The second-order valence-electron chi connectivity index (χ2n) is 4.88. The predicted molar refractivity (Wildman–Crippen MR) is 82.9 cm³/mol. The molecule has 0 saturated carbocycles. The third-order valence-electron chi connectivity index (χ3n) is 3.01. The summed E-state index contributed by atoms with van der Waals surface area (Å²) < 4.78 is 0. The lowest BCUT2D eigenvalue weighted by molar-refractivity contribution is 0.675. The molecule has 0 radical (unpaired) electrons. The highest BCUT2D eigenvalue weighted by Gasteiger charge is 2.13. The normalized spacial score (nSPS) is 11.8. The van der Waals surface area contributed by atoms with E-state index in [0.717, 1.165) is 43.4 Å². The summed E-state index contributed by atoms with van der Waals surface area (Å²) in [5, 5.41) is 12.2. The summed E-state index contributed by atoms with van der Waals surface area (Å²) in [6.07, 6.45) is 1.90. The summed E-state index contributed by atoms with van der Waals surface area (Å²) in [5.74, 6) is 2.62. The Hall–Kier alpha value is -1.83. The number of anilines is 2. The van der Waals surface area contributed by atoms with E-state index < -0.39 is 0 Å². The van der Waals surface area contributed by atoms with Gasteiger partial charge in [-0.3, -0.25) is 0 Å². The van der Waals surface area contributed by atoms with Gasteiger partial charge in [0.05, 0.1) is 12.0 Å². The Morgan fingerprint density at radius 1 is 1.35 bits per heavy atom. The van der Waals surface area contributed by atoms with Crippen molar-refractivity contribution in [3.63, 3.8) is 0 Å². The molecular weight excluding hydrogens is 250 g/mol. The zero-order valence-corrected chi connectivity index (χ0v) is 13.0. The summed E-state index contributed by atoms with van der Waals surface area (Å²) in [5.41, 5.74) is 0. The molecule has 5 nitrogen and oxygen atoms in total. The lowest BCUT2D eigenvalue weighted by Crippen LogP contribution is -2.29. The van der Waals surface area contributed by atoms with Crippen molar-refractivity contribution < 1.29 is 0 Å². The number of rotatable bonds is 8. The Balaban J connectivity index is 3.03. The smallest absolute Gasteiger partial charge is 0.134 e. The van der Waals surface area contributed by atoms with Crippen LogP contribution in [0.5, 0.6) is 0 Å². The molecule has 0 bridgehead atoms. The summed E-state index contributed by atoms with van der Waals surface area (Å²) in [4.78, 5) is 11.3. The quantitative estimate of drug-likeness (QED) is 0.790. The molecule has 0 amide bonds. The number of aromatic nitrogens is 2. The van der Waals surface area contributed by atoms with Crippen molar-refractivity contribution >= 4 is 11.6 Å². The molecule has 0 aliphatic rings. The van der Waals surface area contributed by atoms with Crippen LogP contribution in [0.4, 0.5) is 11.6 Å². The monoisotopic (exact) mass is 275 g/mol. The van der Waals surface area contributed by atoms with Crippen molar-refractivity contribution in [2.75, 3.05) is 29.9 Å². The first-order valence-electron chi connectivity index (χ1n) is 7.40. The van der Waals surface area contributed by atoms with Gasteiger partial charge in [-0.15, -0.1) is 0 Å². The predicted octanol–water partition coefficient (Wildman–Crippen LogP) is 2.85. The summed E-state index contributed by atoms with van der Waals surface area (Å²) in [7, 11) is 0. The molecule has 1 N–H and O–H groups in total. The number of hydrogen-bond donors (Lipinski definition) is 1. The maximum Gasteiger partial charge on any atom is 0.134 e. The van der Waals surface area contributed by atoms with Crippen LogP contribution < -0.4 is 10.2 Å². The zero-order valence-electron chi connectivity index (χ0n) is 13.0. The Morgan fingerprint density at radius 2 is 2.10 bits per heavy atom. The van der Waals surface area contributed by atoms with Crippen LogP contribution in [-0.2, 0) is 6.42 Å². The fourth-order valence-electron chi connectivity index (χ4n) is 2.01. The number of nitrogens with zero attached hydrogens (tertiary/aromatic N) is 4. The van der Waals surface area contributed by atoms with Crippen LogP contribution in [0.3, 0.4) is 0 Å². The molecular formula is C15H25N5. The van der Waals surface area contributed by atoms with E-state index in [1.54, 1.807) is 0 Å². The zero-order chi connectivity index (χ0) is 15.0. The lowest BCUT2D eigenvalue weighted by Gasteiger charge is -2.24. The maximum atomic E-state index is 8.98. The van der Waals surface area contributed by atoms with E-state index in [1.807, 2.05) is 13.0 Å². The number of nitrogens with one attached hydrogen (secondary N) is 1. The number of hydrogen-bond acceptors (Lipinski definition) is 5. The summed E-state index contributed by atoms with van der Waals surface area (Å²) >= 11 is 0. The Bertz CT molecular complexity index is 428. The van der Waals surface area contributed by atoms with Gasteiger partial charge in [0, 0.05) is 32.1 Å². The van der Waals surface area contributed by atoms with E-state index in [2.05, 4.69) is 47.0 Å². The van der Waals surface area contributed by atoms with E-state index in [1.165, 1.54) is 0 Å². The van der Waals surface area contributed by atoms with Crippen LogP contribution in [-0.4, -0.2) is 29.6 Å². The van der Waals surface area contributed by atoms with Gasteiger partial charge < -0.3 is 10.2 Å². The molecule has 5 heteroatoms. The highest BCUT2D eigenvalue weighted by Crippen LogP contribution is 2.18. The molecule has 110 valence electrons. The van der Waals surface area contributed by atoms with Gasteiger partial charge in [-0.25, -0.2) is 9.97 Å². The molecule has 0 aliphatic carbocycles. The van der Waals surface area contributed by atoms with Crippen LogP contribution in [0.1, 0.15) is 39.9 Å². The molecule has 0 spiro atoms. The van der Waals surface area contributed by atoms with Crippen LogP contribution in [0, 0.1) is 17.2 Å². The van der Waals surface area contributed by atoms with Gasteiger partial charge in [0.1, 0.15) is 17.5 Å². The average Bonchev–Trinajstić information content (AvgIpc) is 2.44. The first-order valence-corrected chi connectivity index (χ1v) is 7.40. The van der Waals surface area contributed by atoms with Crippen molar-refractivity contribution in [2.24, 2.45) is 5.92 Å². The van der Waals surface area contributed by atoms with Crippen molar-refractivity contribution in [1.82, 2.24) is 9.97 Å². The van der Waals surface area contributed by atoms with Gasteiger partial charge in [-0.05, 0) is 27.2 Å². The summed E-state index contributed by atoms with van der Waals surface area (Å²) in [6, 6.07) is 4.25. The standard InChI is InChI=1S/C15H25N5/c1-5-8-13-18-14(17-6-2)9-15(19-13)20(7-3)11-12(4)10-16/h9,12H,5-8,11H2,1-4H3,(H,17,18,19). The molecule has 1 unspecified atom stereocenters. The van der Waals surface area contributed by atoms with Gasteiger partial charge in [-0.2, -0.15) is 5.26 Å². The Morgan fingerprint density at radius 3 is 2.65 bits per heavy atom. The number of nitriles is 1. The SMILES string of the molecule is CCCc1nc(NCC)cc(N(CC)CC(C)C#N)n1. The maximum absolute atomic E-state index is 8.98. The van der Waals surface area contributed by atoms with Crippen LogP contribution in [0.15, 0.2) is 6.07 Å². The van der Waals surface area contributed by atoms with Gasteiger partial charge >= 0.3 is 0 Å². The highest BCUT2D eigenvalue weighted by atomic mass is 15.2. The second-order valence-corrected chi connectivity index (χ2v) is 4.88. The van der Waals surface area contributed by atoms with Gasteiger partial charge in [-0.1, -0.05) is 6.92 Å². The molecule has 1 heterocycles. The molecule has 0 fully saturated rings. The largest absolute Gasteiger partial charge is 0.370 e. The van der Waals surface area contributed by atoms with Crippen molar-refractivity contribution in [1.29, 1.82) is 5.26 Å². The molecule has 1 aromatic heterocycles. The first-order chi connectivity index (χ1) is 9.64. The Labute approximate surface area is 122 Å². The molecule has 0 saturated heterocycles. The number of aryl methyl sites for hydroxylation is 1. The minimum Gasteiger partial charge on any atom is -0.370 e. The van der Waals surface area contributed by atoms with Crippen LogP contribution >= 0.6 is 0 Å². The fraction of sp³-hybridized carbons (Fsp3) is 0.667. The van der Waals surface area contributed by atoms with Crippen LogP contribution in [0.2, 0.25) is 0 Å². The van der Waals surface area contributed by atoms with E-state index in [-0.39, 0.29) is 5.92 Å². The minimum atomic E-state index is -0.0119. The van der Waals surface area contributed by atoms with Crippen molar-refractivity contribution in [3.8, 4) is 6.07 Å². The summed E-state index contributed by atoms with van der Waals surface area (Å²) in [6.45, 7) is 10.6. The third-order valence-corrected chi connectivity index (χ3v) is 3.01. The molecule has 1 atom stereocenters. The lowest BCUT2D eigenvalue weighted by atomic mass is 10.2. The minimum absolute atomic E-state index is 0.0119. The third kappa shape index (κ3) is 4.69. The molecule has 20 heavy (non-hydrogen) atoms. The van der Waals surface area contributed by atoms with Crippen molar-refractivity contribution in [3.05, 3.63) is 11.9 Å². The van der Waals surface area contributed by atoms with Gasteiger partial charge in [0.2, 0.25) is 0 Å². The van der Waals surface area contributed by atoms with E-state index in [0.29, 0.717) is 6.54 Å². The van der Waals surface area contributed by atoms with Crippen LogP contribution in [0.25, 0.3) is 0 Å². The molecule has 0 aromatic carbocycles. The topological polar surface area (TPSA) is 64.8 Å². The van der Waals surface area contributed by atoms with Gasteiger partial charge in [0.25, 0.3) is 0 Å². The van der Waals surface area contributed by atoms with Crippen molar-refractivity contribution in [2.45, 2.75) is 40.5 Å². The fourth-order valence-corrected chi connectivity index (χ4v) is 2.01. The van der Waals surface area contributed by atoms with E-state index in [4.69, 9.17) is 5.26 Å². The Kier molecular flexibility index (Phi) is 6.78. The molecule has 0 aliphatic heterocycles. The average molecular weight is 275 g/mol. The molecule has 1 aromatic rings. The van der Waals surface area contributed by atoms with E-state index in [9.17, 15) is 0 Å². The first kappa shape index (κ1) is 16.2. The molecule has 1 rings (SSSR count).